The van der Waals surface area contributed by atoms with Gasteiger partial charge in [-0.1, -0.05) is 0 Å². The summed E-state index contributed by atoms with van der Waals surface area (Å²) in [5.74, 6) is -3.38. The largest absolute Gasteiger partial charge is 0.465 e. The van der Waals surface area contributed by atoms with Crippen LogP contribution in [0.15, 0.2) is 0 Å². The lowest BCUT2D eigenvalue weighted by Gasteiger charge is -2.25. The summed E-state index contributed by atoms with van der Waals surface area (Å²) < 4.78 is 44.9. The number of hydrogen-bond donors (Lipinski definition) is 1. The molecule has 21 heavy (non-hydrogen) atoms. The smallest absolute Gasteiger partial charge is 0.396 e. The average Bonchev–Trinajstić information content (AvgIpc) is 2.64. The summed E-state index contributed by atoms with van der Waals surface area (Å²) in [5, 5.41) is 6.27. The number of aryl methyl sites for hydroxylation is 1. The van der Waals surface area contributed by atoms with E-state index in [9.17, 15) is 22.8 Å². The van der Waals surface area contributed by atoms with E-state index in [4.69, 9.17) is 4.74 Å². The number of ether oxygens (including phenoxy) is 1. The first-order chi connectivity index (χ1) is 9.74. The van der Waals surface area contributed by atoms with Crippen LogP contribution in [0.4, 0.5) is 19.0 Å². The van der Waals surface area contributed by atoms with Crippen molar-refractivity contribution in [2.75, 3.05) is 11.9 Å². The van der Waals surface area contributed by atoms with Gasteiger partial charge < -0.3 is 10.1 Å². The lowest BCUT2D eigenvalue weighted by atomic mass is 9.91. The maximum atomic E-state index is 13.1. The predicted molar refractivity (Wildman–Crippen MR) is 65.6 cm³/mol. The lowest BCUT2D eigenvalue weighted by molar-refractivity contribution is -0.156. The number of nitrogens with one attached hydrogen (secondary N) is 1. The molecule has 1 aromatic heterocycles. The SMILES string of the molecule is CCOC(=O)Cn1nc(C)c2c1NC(=O)C[C@H]2C(F)(F)F. The highest BCUT2D eigenvalue weighted by molar-refractivity contribution is 5.94. The van der Waals surface area contributed by atoms with Gasteiger partial charge in [0.1, 0.15) is 12.4 Å². The van der Waals surface area contributed by atoms with Gasteiger partial charge in [0.25, 0.3) is 0 Å². The zero-order valence-electron chi connectivity index (χ0n) is 11.5. The van der Waals surface area contributed by atoms with Gasteiger partial charge in [0.15, 0.2) is 0 Å². The standard InChI is InChI=1S/C12H14F3N3O3/c1-3-21-9(20)5-18-11-10(6(2)17-18)7(12(13,14)15)4-8(19)16-11/h7H,3-5H2,1-2H3,(H,16,19)/t7-/m1/s1. The van der Waals surface area contributed by atoms with Crippen molar-refractivity contribution in [2.24, 2.45) is 0 Å². The monoisotopic (exact) mass is 305 g/mol. The first-order valence-electron chi connectivity index (χ1n) is 6.33. The van der Waals surface area contributed by atoms with Crippen molar-refractivity contribution < 1.29 is 27.5 Å². The maximum absolute atomic E-state index is 13.1. The number of esters is 1. The average molecular weight is 305 g/mol. The van der Waals surface area contributed by atoms with Crippen molar-refractivity contribution in [1.29, 1.82) is 0 Å². The Hall–Kier alpha value is -2.06. The number of fused-ring (bicyclic) bond motifs is 1. The van der Waals surface area contributed by atoms with Crippen LogP contribution in [0.3, 0.4) is 0 Å². The van der Waals surface area contributed by atoms with Crippen molar-refractivity contribution in [2.45, 2.75) is 38.9 Å². The zero-order valence-corrected chi connectivity index (χ0v) is 11.5. The molecule has 0 aliphatic carbocycles. The maximum Gasteiger partial charge on any atom is 0.396 e. The number of nitrogens with zero attached hydrogens (tertiary/aromatic N) is 2. The van der Waals surface area contributed by atoms with E-state index in [1.54, 1.807) is 6.92 Å². The topological polar surface area (TPSA) is 73.2 Å². The van der Waals surface area contributed by atoms with Gasteiger partial charge in [0.05, 0.1) is 18.2 Å². The molecule has 6 nitrogen and oxygen atoms in total. The fraction of sp³-hybridized carbons (Fsp3) is 0.583. The molecule has 1 aromatic rings. The van der Waals surface area contributed by atoms with Crippen LogP contribution < -0.4 is 5.32 Å². The third-order valence-corrected chi connectivity index (χ3v) is 3.15. The van der Waals surface area contributed by atoms with Crippen molar-refractivity contribution in [3.63, 3.8) is 0 Å². The fourth-order valence-corrected chi connectivity index (χ4v) is 2.34. The van der Waals surface area contributed by atoms with Gasteiger partial charge in [-0.25, -0.2) is 4.68 Å². The molecule has 0 bridgehead atoms. The molecule has 0 radical (unpaired) electrons. The van der Waals surface area contributed by atoms with E-state index >= 15 is 0 Å². The van der Waals surface area contributed by atoms with Gasteiger partial charge in [-0.05, 0) is 13.8 Å². The summed E-state index contributed by atoms with van der Waals surface area (Å²) in [6.07, 6.45) is -5.22. The number of halogens is 3. The Labute approximate surface area is 118 Å². The molecular weight excluding hydrogens is 291 g/mol. The highest BCUT2D eigenvalue weighted by Crippen LogP contribution is 2.44. The van der Waals surface area contributed by atoms with Crippen molar-refractivity contribution in [3.05, 3.63) is 11.3 Å². The van der Waals surface area contributed by atoms with Crippen LogP contribution in [0.25, 0.3) is 0 Å². The third kappa shape index (κ3) is 3.01. The second-order valence-corrected chi connectivity index (χ2v) is 4.66. The van der Waals surface area contributed by atoms with E-state index in [0.29, 0.717) is 0 Å². The second kappa shape index (κ2) is 5.38. The van der Waals surface area contributed by atoms with Gasteiger partial charge >= 0.3 is 12.1 Å². The molecule has 0 saturated carbocycles. The van der Waals surface area contributed by atoms with E-state index in [1.807, 2.05) is 0 Å². The van der Waals surface area contributed by atoms with E-state index in [2.05, 4.69) is 10.4 Å². The highest BCUT2D eigenvalue weighted by atomic mass is 19.4. The minimum atomic E-state index is -4.55. The summed E-state index contributed by atoms with van der Waals surface area (Å²) >= 11 is 0. The first kappa shape index (κ1) is 15.3. The van der Waals surface area contributed by atoms with Crippen LogP contribution in [0, 0.1) is 6.92 Å². The molecular formula is C12H14F3N3O3. The number of amides is 1. The van der Waals surface area contributed by atoms with Crippen LogP contribution >= 0.6 is 0 Å². The zero-order chi connectivity index (χ0) is 15.8. The summed E-state index contributed by atoms with van der Waals surface area (Å²) in [4.78, 5) is 22.9. The Balaban J connectivity index is 2.41. The van der Waals surface area contributed by atoms with E-state index in [-0.39, 0.29) is 30.2 Å². The normalized spacial score (nSPS) is 18.1. The molecule has 1 aliphatic heterocycles. The van der Waals surface area contributed by atoms with Gasteiger partial charge in [-0.3, -0.25) is 9.59 Å². The predicted octanol–water partition coefficient (Wildman–Crippen LogP) is 1.74. The summed E-state index contributed by atoms with van der Waals surface area (Å²) in [6.45, 7) is 2.83. The van der Waals surface area contributed by atoms with Gasteiger partial charge in [0, 0.05) is 12.0 Å². The quantitative estimate of drug-likeness (QED) is 0.863. The molecule has 0 unspecified atom stereocenters. The summed E-state index contributed by atoms with van der Waals surface area (Å²) in [5.41, 5.74) is 0.0445. The van der Waals surface area contributed by atoms with Gasteiger partial charge in [-0.2, -0.15) is 18.3 Å². The molecule has 116 valence electrons. The highest BCUT2D eigenvalue weighted by Gasteiger charge is 2.47. The van der Waals surface area contributed by atoms with Gasteiger partial charge in [-0.15, -0.1) is 0 Å². The number of anilines is 1. The number of alkyl halides is 3. The van der Waals surface area contributed by atoms with Crippen LogP contribution in [0.1, 0.15) is 30.5 Å². The molecule has 1 atom stereocenters. The Bertz CT molecular complexity index is 580. The first-order valence-corrected chi connectivity index (χ1v) is 6.33. The molecule has 0 spiro atoms. The number of carbonyl (C=O) groups is 2. The number of aromatic nitrogens is 2. The van der Waals surface area contributed by atoms with Crippen molar-refractivity contribution in [3.8, 4) is 0 Å². The van der Waals surface area contributed by atoms with E-state index in [1.165, 1.54) is 6.92 Å². The van der Waals surface area contributed by atoms with Crippen LogP contribution in [-0.4, -0.2) is 34.4 Å². The van der Waals surface area contributed by atoms with Crippen molar-refractivity contribution >= 4 is 17.7 Å². The Morgan fingerprint density at radius 3 is 2.76 bits per heavy atom. The number of rotatable bonds is 3. The minimum absolute atomic E-state index is 0.0841. The molecule has 1 N–H and O–H groups in total. The number of carbonyl (C=O) groups excluding carboxylic acids is 2. The van der Waals surface area contributed by atoms with Crippen LogP contribution in [0.5, 0.6) is 0 Å². The molecule has 1 aliphatic rings. The molecule has 0 fully saturated rings. The second-order valence-electron chi connectivity index (χ2n) is 4.66. The third-order valence-electron chi connectivity index (χ3n) is 3.15. The summed E-state index contributed by atoms with van der Waals surface area (Å²) in [6, 6.07) is 0. The lowest BCUT2D eigenvalue weighted by Crippen LogP contribution is -2.32. The molecule has 2 heterocycles. The molecule has 0 saturated heterocycles. The van der Waals surface area contributed by atoms with Gasteiger partial charge in [0.2, 0.25) is 5.91 Å². The van der Waals surface area contributed by atoms with E-state index in [0.717, 1.165) is 4.68 Å². The molecule has 9 heteroatoms. The van der Waals surface area contributed by atoms with Crippen molar-refractivity contribution in [1.82, 2.24) is 9.78 Å². The fourth-order valence-electron chi connectivity index (χ4n) is 2.34. The molecule has 1 amide bonds. The van der Waals surface area contributed by atoms with Crippen LogP contribution in [-0.2, 0) is 20.9 Å². The molecule has 0 aromatic carbocycles. The Morgan fingerprint density at radius 1 is 1.52 bits per heavy atom. The Morgan fingerprint density at radius 2 is 2.19 bits per heavy atom. The summed E-state index contributed by atoms with van der Waals surface area (Å²) in [7, 11) is 0. The van der Waals surface area contributed by atoms with Crippen LogP contribution in [0.2, 0.25) is 0 Å². The molecule has 2 rings (SSSR count). The number of hydrogen-bond acceptors (Lipinski definition) is 4. The van der Waals surface area contributed by atoms with E-state index < -0.39 is 30.4 Å². The minimum Gasteiger partial charge on any atom is -0.465 e. The Kier molecular flexibility index (Phi) is 3.93.